The number of likely N-dealkylation sites (tertiary alicyclic amines) is 1. The van der Waals surface area contributed by atoms with E-state index in [1.165, 1.54) is 6.07 Å². The van der Waals surface area contributed by atoms with Gasteiger partial charge < -0.3 is 9.84 Å². The third-order valence-corrected chi connectivity index (χ3v) is 7.28. The van der Waals surface area contributed by atoms with Crippen LogP contribution >= 0.6 is 11.5 Å². The van der Waals surface area contributed by atoms with Crippen LogP contribution in [0.2, 0.25) is 0 Å². The van der Waals surface area contributed by atoms with Crippen LogP contribution in [0.1, 0.15) is 50.3 Å². The molecule has 1 aliphatic heterocycles. The van der Waals surface area contributed by atoms with E-state index >= 15 is 0 Å². The van der Waals surface area contributed by atoms with Gasteiger partial charge in [-0.3, -0.25) is 9.69 Å². The molecule has 0 unspecified atom stereocenters. The minimum atomic E-state index is -4.56. The van der Waals surface area contributed by atoms with E-state index in [1.807, 2.05) is 12.1 Å². The lowest BCUT2D eigenvalue weighted by molar-refractivity contribution is -0.143. The first-order valence-electron chi connectivity index (χ1n) is 12.3. The Morgan fingerprint density at radius 2 is 1.95 bits per heavy atom. The molecule has 1 fully saturated rings. The van der Waals surface area contributed by atoms with E-state index < -0.39 is 17.7 Å². The Balaban J connectivity index is 1.60. The lowest BCUT2D eigenvalue weighted by Crippen LogP contribution is -2.36. The van der Waals surface area contributed by atoms with Crippen LogP contribution in [-0.4, -0.2) is 44.5 Å². The largest absolute Gasteiger partial charge is 0.490 e. The number of carbonyl (C=O) groups is 1. The summed E-state index contributed by atoms with van der Waals surface area (Å²) in [5, 5.41) is 9.66. The second kappa shape index (κ2) is 11.2. The molecule has 1 aliphatic rings. The van der Waals surface area contributed by atoms with Crippen molar-refractivity contribution in [1.29, 1.82) is 0 Å². The Labute approximate surface area is 218 Å². The topological polar surface area (TPSA) is 75.6 Å². The third kappa shape index (κ3) is 6.30. The molecule has 0 saturated carbocycles. The molecule has 0 aliphatic carbocycles. The van der Waals surface area contributed by atoms with Crippen molar-refractivity contribution in [3.05, 3.63) is 53.1 Å². The van der Waals surface area contributed by atoms with E-state index in [0.717, 1.165) is 53.8 Å². The standard InChI is InChI=1S/C27H30F3N3O3S/c1-4-20-19(15-33-12-10-17(11-13-33)26(34)35)6-5-7-21(20)24-31-25(37-32-24)18-8-9-23(36-16(2)3)22(14-18)27(28,29)30/h5-9,14,16-17H,4,10-13,15H2,1-3H3,(H,34,35). The Morgan fingerprint density at radius 3 is 2.57 bits per heavy atom. The molecule has 2 aromatic carbocycles. The number of alkyl halides is 3. The van der Waals surface area contributed by atoms with E-state index in [9.17, 15) is 23.1 Å². The molecule has 0 amide bonds. The highest BCUT2D eigenvalue weighted by atomic mass is 32.1. The maximum Gasteiger partial charge on any atom is 0.419 e. The van der Waals surface area contributed by atoms with Gasteiger partial charge in [-0.25, -0.2) is 4.98 Å². The summed E-state index contributed by atoms with van der Waals surface area (Å²) >= 11 is 1.06. The van der Waals surface area contributed by atoms with Crippen molar-refractivity contribution in [3.63, 3.8) is 0 Å². The van der Waals surface area contributed by atoms with E-state index in [4.69, 9.17) is 4.74 Å². The zero-order chi connectivity index (χ0) is 26.7. The van der Waals surface area contributed by atoms with Gasteiger partial charge in [0.25, 0.3) is 0 Å². The first-order valence-corrected chi connectivity index (χ1v) is 13.1. The van der Waals surface area contributed by atoms with Crippen LogP contribution in [0.4, 0.5) is 13.2 Å². The van der Waals surface area contributed by atoms with Crippen molar-refractivity contribution >= 4 is 17.5 Å². The zero-order valence-corrected chi connectivity index (χ0v) is 21.8. The first-order chi connectivity index (χ1) is 17.6. The fraction of sp³-hybridized carbons (Fsp3) is 0.444. The Morgan fingerprint density at radius 1 is 1.22 bits per heavy atom. The van der Waals surface area contributed by atoms with Crippen LogP contribution in [0, 0.1) is 5.92 Å². The predicted octanol–water partition coefficient (Wildman–Crippen LogP) is 6.54. The summed E-state index contributed by atoms with van der Waals surface area (Å²) in [6, 6.07) is 9.92. The molecule has 0 atom stereocenters. The first kappa shape index (κ1) is 27.1. The summed E-state index contributed by atoms with van der Waals surface area (Å²) < 4.78 is 51.0. The van der Waals surface area contributed by atoms with Crippen LogP contribution in [-0.2, 0) is 23.9 Å². The molecular formula is C27H30F3N3O3S. The molecule has 1 saturated heterocycles. The number of carboxylic acids is 1. The highest BCUT2D eigenvalue weighted by Crippen LogP contribution is 2.40. The SMILES string of the molecule is CCc1c(CN2CCC(C(=O)O)CC2)cccc1-c1nsc(-c2ccc(OC(C)C)c(C(F)(F)F)c2)n1. The Bertz CT molecular complexity index is 1250. The molecule has 3 aromatic rings. The molecule has 0 radical (unpaired) electrons. The number of aliphatic carboxylic acids is 1. The average Bonchev–Trinajstić information content (AvgIpc) is 3.33. The minimum absolute atomic E-state index is 0.204. The zero-order valence-electron chi connectivity index (χ0n) is 21.0. The van der Waals surface area contributed by atoms with E-state index in [2.05, 4.69) is 27.2 Å². The summed E-state index contributed by atoms with van der Waals surface area (Å²) in [6.07, 6.45) is -2.94. The Hall–Kier alpha value is -2.98. The van der Waals surface area contributed by atoms with Crippen molar-refractivity contribution in [2.75, 3.05) is 13.1 Å². The van der Waals surface area contributed by atoms with Crippen molar-refractivity contribution in [1.82, 2.24) is 14.3 Å². The highest BCUT2D eigenvalue weighted by molar-refractivity contribution is 7.09. The monoisotopic (exact) mass is 533 g/mol. The van der Waals surface area contributed by atoms with Crippen molar-refractivity contribution in [3.8, 4) is 27.7 Å². The van der Waals surface area contributed by atoms with Crippen LogP contribution in [0.15, 0.2) is 36.4 Å². The number of hydrogen-bond acceptors (Lipinski definition) is 6. The van der Waals surface area contributed by atoms with Gasteiger partial charge in [0.05, 0.1) is 17.6 Å². The van der Waals surface area contributed by atoms with Gasteiger partial charge in [0.15, 0.2) is 5.82 Å². The molecule has 10 heteroatoms. The van der Waals surface area contributed by atoms with Crippen molar-refractivity contribution in [2.24, 2.45) is 5.92 Å². The number of rotatable bonds is 8. The predicted molar refractivity (Wildman–Crippen MR) is 137 cm³/mol. The molecule has 1 N–H and O–H groups in total. The second-order valence-corrected chi connectivity index (χ2v) is 10.2. The van der Waals surface area contributed by atoms with Crippen molar-refractivity contribution < 1.29 is 27.8 Å². The van der Waals surface area contributed by atoms with Gasteiger partial charge in [-0.1, -0.05) is 25.1 Å². The van der Waals surface area contributed by atoms with Gasteiger partial charge >= 0.3 is 12.1 Å². The molecule has 6 nitrogen and oxygen atoms in total. The molecule has 37 heavy (non-hydrogen) atoms. The van der Waals surface area contributed by atoms with Gasteiger partial charge in [-0.15, -0.1) is 0 Å². The van der Waals surface area contributed by atoms with E-state index in [1.54, 1.807) is 19.9 Å². The Kier molecular flexibility index (Phi) is 8.18. The number of ether oxygens (including phenoxy) is 1. The molecular weight excluding hydrogens is 503 g/mol. The molecule has 2 heterocycles. The number of halogens is 3. The smallest absolute Gasteiger partial charge is 0.419 e. The molecule has 198 valence electrons. The van der Waals surface area contributed by atoms with Crippen LogP contribution in [0.5, 0.6) is 5.75 Å². The molecule has 1 aromatic heterocycles. The van der Waals surface area contributed by atoms with Crippen molar-refractivity contribution in [2.45, 2.75) is 58.9 Å². The average molecular weight is 534 g/mol. The second-order valence-electron chi connectivity index (χ2n) is 9.48. The number of piperidine rings is 1. The van der Waals surface area contributed by atoms with Gasteiger partial charge in [-0.05, 0) is 87.1 Å². The summed E-state index contributed by atoms with van der Waals surface area (Å²) in [5.74, 6) is -0.732. The highest BCUT2D eigenvalue weighted by Gasteiger charge is 2.35. The van der Waals surface area contributed by atoms with Gasteiger partial charge in [0.1, 0.15) is 10.8 Å². The number of nitrogens with zero attached hydrogens (tertiary/aromatic N) is 3. The molecule has 4 rings (SSSR count). The number of hydrogen-bond donors (Lipinski definition) is 1. The van der Waals surface area contributed by atoms with Gasteiger partial charge in [0.2, 0.25) is 0 Å². The molecule has 0 spiro atoms. The van der Waals surface area contributed by atoms with Crippen LogP contribution < -0.4 is 4.74 Å². The van der Waals surface area contributed by atoms with Crippen LogP contribution in [0.25, 0.3) is 22.0 Å². The van der Waals surface area contributed by atoms with Gasteiger partial charge in [-0.2, -0.15) is 17.5 Å². The minimum Gasteiger partial charge on any atom is -0.490 e. The van der Waals surface area contributed by atoms with Crippen LogP contribution in [0.3, 0.4) is 0 Å². The number of benzene rings is 2. The maximum absolute atomic E-state index is 13.7. The van der Waals surface area contributed by atoms with Gasteiger partial charge in [0, 0.05) is 17.7 Å². The quantitative estimate of drug-likeness (QED) is 0.355. The number of carboxylic acid groups (broad SMARTS) is 1. The normalized spacial score (nSPS) is 15.3. The summed E-state index contributed by atoms with van der Waals surface area (Å²) in [5.41, 5.74) is 2.57. The summed E-state index contributed by atoms with van der Waals surface area (Å²) in [4.78, 5) is 18.1. The third-order valence-electron chi connectivity index (χ3n) is 6.52. The summed E-state index contributed by atoms with van der Waals surface area (Å²) in [6.45, 7) is 7.57. The number of aromatic nitrogens is 2. The summed E-state index contributed by atoms with van der Waals surface area (Å²) in [7, 11) is 0. The fourth-order valence-electron chi connectivity index (χ4n) is 4.68. The van der Waals surface area contributed by atoms with E-state index in [0.29, 0.717) is 35.8 Å². The lowest BCUT2D eigenvalue weighted by Gasteiger charge is -2.30. The lowest BCUT2D eigenvalue weighted by atomic mass is 9.94. The fourth-order valence-corrected chi connectivity index (χ4v) is 5.35. The van der Waals surface area contributed by atoms with E-state index in [-0.39, 0.29) is 17.8 Å². The molecule has 0 bridgehead atoms. The maximum atomic E-state index is 13.7.